The molecule has 10 heavy (non-hydrogen) atoms. The zero-order valence-corrected chi connectivity index (χ0v) is 6.46. The second-order valence-electron chi connectivity index (χ2n) is 2.26. The lowest BCUT2D eigenvalue weighted by atomic mass is 10.0. The second kappa shape index (κ2) is 5.28. The highest BCUT2D eigenvalue weighted by atomic mass is 16.3. The molecule has 0 aliphatic carbocycles. The van der Waals surface area contributed by atoms with Gasteiger partial charge in [0.1, 0.15) is 0 Å². The van der Waals surface area contributed by atoms with E-state index in [0.29, 0.717) is 6.42 Å². The van der Waals surface area contributed by atoms with Crippen LogP contribution in [0.4, 0.5) is 0 Å². The van der Waals surface area contributed by atoms with Crippen molar-refractivity contribution >= 4 is 0 Å². The summed E-state index contributed by atoms with van der Waals surface area (Å²) in [5, 5.41) is 17.6. The molecule has 0 radical (unpaired) electrons. The number of rotatable bonds is 3. The monoisotopic (exact) mass is 142 g/mol. The third kappa shape index (κ3) is 3.49. The van der Waals surface area contributed by atoms with Crippen molar-refractivity contribution in [2.45, 2.75) is 26.4 Å². The molecule has 0 aromatic rings. The van der Waals surface area contributed by atoms with Crippen LogP contribution in [0.15, 0.2) is 0 Å². The Morgan fingerprint density at radius 2 is 2.10 bits per heavy atom. The van der Waals surface area contributed by atoms with Gasteiger partial charge in [0.05, 0.1) is 6.10 Å². The van der Waals surface area contributed by atoms with Gasteiger partial charge in [-0.15, -0.1) is 5.92 Å². The van der Waals surface area contributed by atoms with Gasteiger partial charge in [0.25, 0.3) is 0 Å². The largest absolute Gasteiger partial charge is 0.396 e. The first-order chi connectivity index (χ1) is 4.72. The van der Waals surface area contributed by atoms with Crippen molar-refractivity contribution in [2.24, 2.45) is 5.92 Å². The number of hydrogen-bond acceptors (Lipinski definition) is 2. The van der Waals surface area contributed by atoms with Crippen LogP contribution < -0.4 is 0 Å². The zero-order chi connectivity index (χ0) is 7.98. The van der Waals surface area contributed by atoms with E-state index >= 15 is 0 Å². The van der Waals surface area contributed by atoms with E-state index in [1.807, 2.05) is 6.92 Å². The smallest absolute Gasteiger partial charge is 0.0696 e. The van der Waals surface area contributed by atoms with Crippen LogP contribution in [0.2, 0.25) is 0 Å². The van der Waals surface area contributed by atoms with Crippen molar-refractivity contribution in [1.29, 1.82) is 0 Å². The third-order valence-corrected chi connectivity index (χ3v) is 1.37. The standard InChI is InChI=1S/C8H14O2/c1-3-4-7(2)8(10)5-6-9/h7-10H,5-6H2,1-2H3/t7-,8-/m0/s1. The Morgan fingerprint density at radius 3 is 2.50 bits per heavy atom. The quantitative estimate of drug-likeness (QED) is 0.559. The minimum absolute atomic E-state index is 0.0247. The van der Waals surface area contributed by atoms with Crippen LogP contribution in [0, 0.1) is 17.8 Å². The summed E-state index contributed by atoms with van der Waals surface area (Å²) in [4.78, 5) is 0. The summed E-state index contributed by atoms with van der Waals surface area (Å²) in [5.41, 5.74) is 0. The summed E-state index contributed by atoms with van der Waals surface area (Å²) in [7, 11) is 0. The van der Waals surface area contributed by atoms with Crippen molar-refractivity contribution in [2.75, 3.05) is 6.61 Å². The maximum Gasteiger partial charge on any atom is 0.0696 e. The van der Waals surface area contributed by atoms with E-state index < -0.39 is 6.10 Å². The molecule has 0 spiro atoms. The molecule has 2 heteroatoms. The van der Waals surface area contributed by atoms with E-state index in [0.717, 1.165) is 0 Å². The van der Waals surface area contributed by atoms with E-state index in [4.69, 9.17) is 5.11 Å². The molecule has 0 amide bonds. The summed E-state index contributed by atoms with van der Waals surface area (Å²) < 4.78 is 0. The molecule has 2 atom stereocenters. The van der Waals surface area contributed by atoms with E-state index in [1.54, 1.807) is 6.92 Å². The SMILES string of the molecule is CC#C[C@H](C)[C@@H](O)CCO. The average molecular weight is 142 g/mol. The second-order valence-corrected chi connectivity index (χ2v) is 2.26. The summed E-state index contributed by atoms with van der Waals surface area (Å²) in [6.07, 6.45) is -0.0759. The summed E-state index contributed by atoms with van der Waals surface area (Å²) in [5.74, 6) is 5.50. The molecule has 0 saturated carbocycles. The maximum atomic E-state index is 9.19. The fourth-order valence-electron chi connectivity index (χ4n) is 0.706. The van der Waals surface area contributed by atoms with Crippen LogP contribution in [0.5, 0.6) is 0 Å². The molecule has 0 aliphatic rings. The molecule has 0 unspecified atom stereocenters. The topological polar surface area (TPSA) is 40.5 Å². The highest BCUT2D eigenvalue weighted by Gasteiger charge is 2.09. The van der Waals surface area contributed by atoms with Crippen molar-refractivity contribution in [3.63, 3.8) is 0 Å². The van der Waals surface area contributed by atoms with Gasteiger partial charge in [0.2, 0.25) is 0 Å². The first-order valence-electron chi connectivity index (χ1n) is 3.43. The Bertz CT molecular complexity index is 132. The van der Waals surface area contributed by atoms with Crippen LogP contribution in [0.3, 0.4) is 0 Å². The van der Waals surface area contributed by atoms with Crippen LogP contribution >= 0.6 is 0 Å². The van der Waals surface area contributed by atoms with E-state index in [9.17, 15) is 5.11 Å². The van der Waals surface area contributed by atoms with Gasteiger partial charge in [0, 0.05) is 12.5 Å². The zero-order valence-electron chi connectivity index (χ0n) is 6.46. The van der Waals surface area contributed by atoms with Crippen molar-refractivity contribution < 1.29 is 10.2 Å². The molecule has 0 aromatic heterocycles. The molecule has 0 aliphatic heterocycles. The molecule has 0 saturated heterocycles. The van der Waals surface area contributed by atoms with Gasteiger partial charge in [-0.25, -0.2) is 0 Å². The molecule has 0 heterocycles. The van der Waals surface area contributed by atoms with Crippen LogP contribution in [-0.4, -0.2) is 22.9 Å². The van der Waals surface area contributed by atoms with E-state index in [2.05, 4.69) is 11.8 Å². The molecular weight excluding hydrogens is 128 g/mol. The first-order valence-corrected chi connectivity index (χ1v) is 3.43. The number of hydrogen-bond donors (Lipinski definition) is 2. The fraction of sp³-hybridized carbons (Fsp3) is 0.750. The lowest BCUT2D eigenvalue weighted by Gasteiger charge is -2.10. The predicted molar refractivity (Wildman–Crippen MR) is 40.3 cm³/mol. The van der Waals surface area contributed by atoms with Gasteiger partial charge in [-0.3, -0.25) is 0 Å². The summed E-state index contributed by atoms with van der Waals surface area (Å²) in [6.45, 7) is 3.61. The van der Waals surface area contributed by atoms with Crippen LogP contribution in [0.25, 0.3) is 0 Å². The molecular formula is C8H14O2. The Balaban J connectivity index is 3.66. The van der Waals surface area contributed by atoms with Crippen LogP contribution in [0.1, 0.15) is 20.3 Å². The van der Waals surface area contributed by atoms with Gasteiger partial charge in [-0.05, 0) is 20.3 Å². The van der Waals surface area contributed by atoms with Crippen LogP contribution in [-0.2, 0) is 0 Å². The Labute approximate surface area is 61.9 Å². The lowest BCUT2D eigenvalue weighted by Crippen LogP contribution is -2.17. The maximum absolute atomic E-state index is 9.19. The van der Waals surface area contributed by atoms with E-state index in [1.165, 1.54) is 0 Å². The molecule has 0 bridgehead atoms. The van der Waals surface area contributed by atoms with Gasteiger partial charge in [-0.1, -0.05) is 5.92 Å². The first kappa shape index (κ1) is 9.48. The van der Waals surface area contributed by atoms with Gasteiger partial charge in [-0.2, -0.15) is 0 Å². The Morgan fingerprint density at radius 1 is 1.50 bits per heavy atom. The van der Waals surface area contributed by atoms with Gasteiger partial charge < -0.3 is 10.2 Å². The summed E-state index contributed by atoms with van der Waals surface area (Å²) in [6, 6.07) is 0. The summed E-state index contributed by atoms with van der Waals surface area (Å²) >= 11 is 0. The Hall–Kier alpha value is -0.520. The number of aliphatic hydroxyl groups excluding tert-OH is 2. The minimum Gasteiger partial charge on any atom is -0.396 e. The van der Waals surface area contributed by atoms with Crippen molar-refractivity contribution in [3.8, 4) is 11.8 Å². The highest BCUT2D eigenvalue weighted by Crippen LogP contribution is 2.04. The average Bonchev–Trinajstić information content (AvgIpc) is 1.89. The molecule has 58 valence electrons. The number of aliphatic hydroxyl groups is 2. The van der Waals surface area contributed by atoms with E-state index in [-0.39, 0.29) is 12.5 Å². The Kier molecular flexibility index (Phi) is 5.00. The third-order valence-electron chi connectivity index (χ3n) is 1.37. The highest BCUT2D eigenvalue weighted by molar-refractivity contribution is 5.01. The fourth-order valence-corrected chi connectivity index (χ4v) is 0.706. The molecule has 0 rings (SSSR count). The molecule has 0 aromatic carbocycles. The van der Waals surface area contributed by atoms with Gasteiger partial charge in [0.15, 0.2) is 0 Å². The predicted octanol–water partition coefficient (Wildman–Crippen LogP) is 0.389. The van der Waals surface area contributed by atoms with Crippen molar-refractivity contribution in [3.05, 3.63) is 0 Å². The van der Waals surface area contributed by atoms with Gasteiger partial charge >= 0.3 is 0 Å². The molecule has 2 N–H and O–H groups in total. The van der Waals surface area contributed by atoms with Crippen molar-refractivity contribution in [1.82, 2.24) is 0 Å². The minimum atomic E-state index is -0.488. The normalized spacial score (nSPS) is 15.2. The molecule has 0 fully saturated rings. The lowest BCUT2D eigenvalue weighted by molar-refractivity contribution is 0.106. The molecule has 2 nitrogen and oxygen atoms in total.